The highest BCUT2D eigenvalue weighted by molar-refractivity contribution is 5.77. The Morgan fingerprint density at radius 3 is 2.74 bits per heavy atom. The smallest absolute Gasteiger partial charge is 0.312 e. The van der Waals surface area contributed by atoms with E-state index in [4.69, 9.17) is 9.47 Å². The molecular formula is C14H19NO4. The van der Waals surface area contributed by atoms with Gasteiger partial charge in [0.25, 0.3) is 0 Å². The van der Waals surface area contributed by atoms with Gasteiger partial charge < -0.3 is 14.6 Å². The molecule has 1 unspecified atom stereocenters. The zero-order valence-electron chi connectivity index (χ0n) is 11.0. The van der Waals surface area contributed by atoms with Crippen LogP contribution in [0.15, 0.2) is 24.3 Å². The summed E-state index contributed by atoms with van der Waals surface area (Å²) in [5, 5.41) is 9.46. The number of carboxylic acid groups (broad SMARTS) is 1. The molecule has 0 aromatic heterocycles. The monoisotopic (exact) mass is 265 g/mol. The summed E-state index contributed by atoms with van der Waals surface area (Å²) < 4.78 is 10.5. The van der Waals surface area contributed by atoms with Gasteiger partial charge in [-0.05, 0) is 6.07 Å². The molecule has 104 valence electrons. The maximum absolute atomic E-state index is 11.5. The van der Waals surface area contributed by atoms with E-state index in [0.29, 0.717) is 25.5 Å². The normalized spacial score (nSPS) is 17.9. The van der Waals surface area contributed by atoms with Gasteiger partial charge in [0.2, 0.25) is 0 Å². The Kier molecular flexibility index (Phi) is 4.76. The fraction of sp³-hybridized carbons (Fsp3) is 0.500. The van der Waals surface area contributed by atoms with E-state index in [-0.39, 0.29) is 0 Å². The van der Waals surface area contributed by atoms with E-state index < -0.39 is 11.9 Å². The SMILES string of the molecule is COc1ccccc1C(CN1CCOCC1)C(=O)O. The molecule has 0 aliphatic carbocycles. The number of hydrogen-bond acceptors (Lipinski definition) is 4. The molecule has 1 aromatic carbocycles. The van der Waals surface area contributed by atoms with E-state index in [2.05, 4.69) is 4.90 Å². The zero-order valence-corrected chi connectivity index (χ0v) is 11.0. The van der Waals surface area contributed by atoms with Crippen LogP contribution in [0.4, 0.5) is 0 Å². The second-order valence-corrected chi connectivity index (χ2v) is 4.55. The number of morpholine rings is 1. The fourth-order valence-electron chi connectivity index (χ4n) is 2.31. The molecular weight excluding hydrogens is 246 g/mol. The maximum atomic E-state index is 11.5. The van der Waals surface area contributed by atoms with E-state index in [1.54, 1.807) is 13.2 Å². The van der Waals surface area contributed by atoms with Gasteiger partial charge in [0.15, 0.2) is 0 Å². The molecule has 0 bridgehead atoms. The lowest BCUT2D eigenvalue weighted by atomic mass is 9.97. The van der Waals surface area contributed by atoms with Gasteiger partial charge in [0.1, 0.15) is 5.75 Å². The fourth-order valence-corrected chi connectivity index (χ4v) is 2.31. The molecule has 1 fully saturated rings. The Morgan fingerprint density at radius 2 is 2.11 bits per heavy atom. The summed E-state index contributed by atoms with van der Waals surface area (Å²) in [7, 11) is 1.56. The third-order valence-electron chi connectivity index (χ3n) is 3.36. The van der Waals surface area contributed by atoms with Crippen LogP contribution < -0.4 is 4.74 Å². The Bertz CT molecular complexity index is 429. The third kappa shape index (κ3) is 3.45. The number of rotatable bonds is 5. The van der Waals surface area contributed by atoms with Gasteiger partial charge in [-0.2, -0.15) is 0 Å². The van der Waals surface area contributed by atoms with Crippen molar-refractivity contribution in [3.05, 3.63) is 29.8 Å². The lowest BCUT2D eigenvalue weighted by molar-refractivity contribution is -0.139. The minimum Gasteiger partial charge on any atom is -0.496 e. The van der Waals surface area contributed by atoms with Gasteiger partial charge in [-0.1, -0.05) is 18.2 Å². The third-order valence-corrected chi connectivity index (χ3v) is 3.36. The minimum absolute atomic E-state index is 0.485. The molecule has 1 atom stereocenters. The first kappa shape index (κ1) is 13.8. The topological polar surface area (TPSA) is 59.0 Å². The van der Waals surface area contributed by atoms with Gasteiger partial charge in [0.05, 0.1) is 26.2 Å². The molecule has 19 heavy (non-hydrogen) atoms. The van der Waals surface area contributed by atoms with Crippen LogP contribution in [0.5, 0.6) is 5.75 Å². The Morgan fingerprint density at radius 1 is 1.42 bits per heavy atom. The Balaban J connectivity index is 2.17. The van der Waals surface area contributed by atoms with Gasteiger partial charge in [-0.15, -0.1) is 0 Å². The van der Waals surface area contributed by atoms with Crippen molar-refractivity contribution in [2.75, 3.05) is 40.0 Å². The lowest BCUT2D eigenvalue weighted by Crippen LogP contribution is -2.40. The highest BCUT2D eigenvalue weighted by Gasteiger charge is 2.26. The number of nitrogens with zero attached hydrogens (tertiary/aromatic N) is 1. The molecule has 1 aliphatic heterocycles. The van der Waals surface area contributed by atoms with Gasteiger partial charge in [0, 0.05) is 25.2 Å². The number of hydrogen-bond donors (Lipinski definition) is 1. The second-order valence-electron chi connectivity index (χ2n) is 4.55. The molecule has 0 amide bonds. The summed E-state index contributed by atoms with van der Waals surface area (Å²) >= 11 is 0. The summed E-state index contributed by atoms with van der Waals surface area (Å²) in [4.78, 5) is 13.6. The van der Waals surface area contributed by atoms with Crippen LogP contribution >= 0.6 is 0 Å². The quantitative estimate of drug-likeness (QED) is 0.866. The number of methoxy groups -OCH3 is 1. The predicted octanol–water partition coefficient (Wildman–Crippen LogP) is 1.20. The molecule has 5 heteroatoms. The number of carbonyl (C=O) groups is 1. The van der Waals surface area contributed by atoms with Crippen molar-refractivity contribution in [3.63, 3.8) is 0 Å². The predicted molar refractivity (Wildman–Crippen MR) is 70.6 cm³/mol. The minimum atomic E-state index is -0.823. The van der Waals surface area contributed by atoms with Crippen molar-refractivity contribution in [1.82, 2.24) is 4.90 Å². The Hall–Kier alpha value is -1.59. The molecule has 0 spiro atoms. The summed E-state index contributed by atoms with van der Waals surface area (Å²) in [5.41, 5.74) is 0.726. The van der Waals surface area contributed by atoms with Gasteiger partial charge in [-0.3, -0.25) is 9.69 Å². The van der Waals surface area contributed by atoms with Crippen LogP contribution in [0.1, 0.15) is 11.5 Å². The molecule has 1 saturated heterocycles. The van der Waals surface area contributed by atoms with Crippen molar-refractivity contribution >= 4 is 5.97 Å². The maximum Gasteiger partial charge on any atom is 0.312 e. The van der Waals surface area contributed by atoms with E-state index in [1.165, 1.54) is 0 Å². The van der Waals surface area contributed by atoms with E-state index in [1.807, 2.05) is 18.2 Å². The highest BCUT2D eigenvalue weighted by atomic mass is 16.5. The summed E-state index contributed by atoms with van der Waals surface area (Å²) in [6.45, 7) is 3.37. The summed E-state index contributed by atoms with van der Waals surface area (Å²) in [5.74, 6) is -0.770. The number of aliphatic carboxylic acids is 1. The van der Waals surface area contributed by atoms with Crippen LogP contribution in [0.25, 0.3) is 0 Å². The van der Waals surface area contributed by atoms with E-state index in [0.717, 1.165) is 18.7 Å². The van der Waals surface area contributed by atoms with E-state index >= 15 is 0 Å². The molecule has 1 N–H and O–H groups in total. The zero-order chi connectivity index (χ0) is 13.7. The Labute approximate surface area is 112 Å². The standard InChI is InChI=1S/C14H19NO4/c1-18-13-5-3-2-4-11(13)12(14(16)17)10-15-6-8-19-9-7-15/h2-5,12H,6-10H2,1H3,(H,16,17). The second kappa shape index (κ2) is 6.54. The number of benzene rings is 1. The molecule has 2 rings (SSSR count). The van der Waals surface area contributed by atoms with Crippen LogP contribution in [0.2, 0.25) is 0 Å². The summed E-state index contributed by atoms with van der Waals surface area (Å²) in [6, 6.07) is 7.30. The molecule has 0 saturated carbocycles. The van der Waals surface area contributed by atoms with Crippen molar-refractivity contribution < 1.29 is 19.4 Å². The van der Waals surface area contributed by atoms with Gasteiger partial charge in [-0.25, -0.2) is 0 Å². The average molecular weight is 265 g/mol. The van der Waals surface area contributed by atoms with Crippen LogP contribution in [-0.2, 0) is 9.53 Å². The number of ether oxygens (including phenoxy) is 2. The van der Waals surface area contributed by atoms with Gasteiger partial charge >= 0.3 is 5.97 Å². The molecule has 5 nitrogen and oxygen atoms in total. The lowest BCUT2D eigenvalue weighted by Gasteiger charge is -2.29. The molecule has 0 radical (unpaired) electrons. The molecule has 1 aromatic rings. The average Bonchev–Trinajstić information content (AvgIpc) is 2.45. The van der Waals surface area contributed by atoms with Crippen LogP contribution in [0.3, 0.4) is 0 Å². The van der Waals surface area contributed by atoms with E-state index in [9.17, 15) is 9.90 Å². The van der Waals surface area contributed by atoms with Crippen LogP contribution in [0, 0.1) is 0 Å². The first-order valence-corrected chi connectivity index (χ1v) is 6.38. The molecule has 1 aliphatic rings. The first-order chi connectivity index (χ1) is 9.22. The largest absolute Gasteiger partial charge is 0.496 e. The van der Waals surface area contributed by atoms with Crippen molar-refractivity contribution in [1.29, 1.82) is 0 Å². The first-order valence-electron chi connectivity index (χ1n) is 6.38. The van der Waals surface area contributed by atoms with Crippen LogP contribution in [-0.4, -0.2) is 55.9 Å². The van der Waals surface area contributed by atoms with Crippen molar-refractivity contribution in [2.24, 2.45) is 0 Å². The highest BCUT2D eigenvalue weighted by Crippen LogP contribution is 2.27. The van der Waals surface area contributed by atoms with Crippen molar-refractivity contribution in [2.45, 2.75) is 5.92 Å². The number of carboxylic acids is 1. The molecule has 1 heterocycles. The number of para-hydroxylation sites is 1. The van der Waals surface area contributed by atoms with Crippen molar-refractivity contribution in [3.8, 4) is 5.75 Å². The summed E-state index contributed by atoms with van der Waals surface area (Å²) in [6.07, 6.45) is 0.